The first kappa shape index (κ1) is 48.6. The standard InChI is InChI=1S/C19H29NOP.C11H19NO.2C5H10.2CH4.2Fe/c1-14(2)17-13-21-19(20-17)16-11-8-12-18(16)22(3,4)15-9-6-5-7-10-15;1-8(2)10-7-13-11(12-10)9-5-3-4-6-9;2*1-2-4-5-3-1;;;;/h5-7,9-10,14,16-18H,8,11-13H2,1-4H3;8-10H,3-7H2,1-2H3;2*1-5H2;2*1H4;;/q+1;;;;;;;/t16?,17-,18?;10-;;;;;;/m11....../s1. The van der Waals surface area contributed by atoms with E-state index in [0.29, 0.717) is 35.8 Å². The summed E-state index contributed by atoms with van der Waals surface area (Å²) in [5.41, 5.74) is 0.736. The fourth-order valence-electron chi connectivity index (χ4n) is 7.87. The predicted octanol–water partition coefficient (Wildman–Crippen LogP) is 12.0. The first-order valence-electron chi connectivity index (χ1n) is 19.1. The summed E-state index contributed by atoms with van der Waals surface area (Å²) < 4.78 is 11.7. The molecule has 0 saturated heterocycles. The van der Waals surface area contributed by atoms with E-state index in [1.165, 1.54) is 109 Å². The normalized spacial score (nSPS) is 25.6. The first-order valence-corrected chi connectivity index (χ1v) is 21.8. The molecule has 4 aliphatic carbocycles. The van der Waals surface area contributed by atoms with Gasteiger partial charge in [-0.15, -0.1) is 0 Å². The molecule has 0 spiro atoms. The third-order valence-corrected chi connectivity index (χ3v) is 15.1. The van der Waals surface area contributed by atoms with Crippen molar-refractivity contribution in [3.63, 3.8) is 0 Å². The third-order valence-electron chi connectivity index (χ3n) is 11.2. The number of aliphatic imine (C=N–C) groups is 2. The van der Waals surface area contributed by atoms with Crippen molar-refractivity contribution in [3.05, 3.63) is 30.3 Å². The Morgan fingerprint density at radius 3 is 1.43 bits per heavy atom. The van der Waals surface area contributed by atoms with Gasteiger partial charge in [0, 0.05) is 47.3 Å². The molecule has 0 aromatic heterocycles. The van der Waals surface area contributed by atoms with Crippen LogP contribution in [0.15, 0.2) is 40.3 Å². The van der Waals surface area contributed by atoms with Gasteiger partial charge >= 0.3 is 0 Å². The molecule has 1 aromatic carbocycles. The number of hydrogen-bond acceptors (Lipinski definition) is 4. The van der Waals surface area contributed by atoms with E-state index in [9.17, 15) is 0 Å². The van der Waals surface area contributed by atoms with Crippen molar-refractivity contribution in [2.45, 2.75) is 169 Å². The van der Waals surface area contributed by atoms with Crippen LogP contribution in [-0.2, 0) is 43.6 Å². The van der Waals surface area contributed by atoms with E-state index in [0.717, 1.165) is 30.7 Å². The second-order valence-electron chi connectivity index (χ2n) is 15.7. The summed E-state index contributed by atoms with van der Waals surface area (Å²) in [5.74, 6) is 4.55. The van der Waals surface area contributed by atoms with Crippen molar-refractivity contribution in [2.24, 2.45) is 33.7 Å². The zero-order valence-corrected chi connectivity index (χ0v) is 33.8. The number of benzene rings is 1. The molecular weight excluding hydrogens is 707 g/mol. The average molecular weight is 784 g/mol. The van der Waals surface area contributed by atoms with Crippen LogP contribution in [0.4, 0.5) is 0 Å². The molecule has 6 aliphatic rings. The van der Waals surface area contributed by atoms with E-state index in [4.69, 9.17) is 14.5 Å². The molecule has 4 fully saturated rings. The second-order valence-corrected chi connectivity index (χ2v) is 19.9. The molecule has 2 aliphatic heterocycles. The Labute approximate surface area is 326 Å². The van der Waals surface area contributed by atoms with Gasteiger partial charge in [0.1, 0.15) is 13.2 Å². The van der Waals surface area contributed by atoms with Crippen LogP contribution in [-0.4, -0.2) is 56.1 Å². The minimum atomic E-state index is -1.16. The molecule has 0 bridgehead atoms. The fourth-order valence-corrected chi connectivity index (χ4v) is 11.2. The zero-order valence-electron chi connectivity index (χ0n) is 30.7. The van der Waals surface area contributed by atoms with E-state index >= 15 is 0 Å². The molecule has 4 saturated carbocycles. The predicted molar refractivity (Wildman–Crippen MR) is 212 cm³/mol. The van der Waals surface area contributed by atoms with Gasteiger partial charge in [0.05, 0.1) is 42.3 Å². The summed E-state index contributed by atoms with van der Waals surface area (Å²) >= 11 is 0. The minimum Gasteiger partial charge on any atom is -0.478 e. The van der Waals surface area contributed by atoms with Crippen molar-refractivity contribution in [3.8, 4) is 0 Å². The van der Waals surface area contributed by atoms with Crippen LogP contribution in [0.5, 0.6) is 0 Å². The van der Waals surface area contributed by atoms with Gasteiger partial charge in [-0.2, -0.15) is 0 Å². The number of hydrogen-bond donors (Lipinski definition) is 0. The summed E-state index contributed by atoms with van der Waals surface area (Å²) in [6, 6.07) is 11.9. The Morgan fingerprint density at radius 1 is 0.571 bits per heavy atom. The van der Waals surface area contributed by atoms with Crippen molar-refractivity contribution < 1.29 is 43.6 Å². The van der Waals surface area contributed by atoms with Gasteiger partial charge in [0.15, 0.2) is 11.8 Å². The Hall–Kier alpha value is -0.371. The van der Waals surface area contributed by atoms with Crippen LogP contribution in [0, 0.1) is 23.7 Å². The molecule has 0 amide bonds. The van der Waals surface area contributed by atoms with Crippen LogP contribution >= 0.6 is 7.26 Å². The Bertz CT molecular complexity index is 1010. The van der Waals surface area contributed by atoms with Crippen LogP contribution in [0.2, 0.25) is 0 Å². The van der Waals surface area contributed by atoms with Gasteiger partial charge in [-0.25, -0.2) is 9.98 Å². The van der Waals surface area contributed by atoms with E-state index in [2.05, 4.69) is 76.3 Å². The van der Waals surface area contributed by atoms with Crippen LogP contribution in [0.3, 0.4) is 0 Å². The third kappa shape index (κ3) is 15.3. The minimum absolute atomic E-state index is 0. The number of ether oxygens (including phenoxy) is 2. The van der Waals surface area contributed by atoms with E-state index in [1.807, 2.05) is 0 Å². The Balaban J connectivity index is 0.000000722. The van der Waals surface area contributed by atoms with E-state index < -0.39 is 7.26 Å². The molecule has 0 radical (unpaired) electrons. The topological polar surface area (TPSA) is 43.2 Å². The average Bonchev–Trinajstić information content (AvgIpc) is 3.90. The monoisotopic (exact) mass is 783 g/mol. The van der Waals surface area contributed by atoms with Gasteiger partial charge < -0.3 is 9.47 Å². The van der Waals surface area contributed by atoms with Crippen LogP contribution in [0.25, 0.3) is 0 Å². The summed E-state index contributed by atoms with van der Waals surface area (Å²) in [4.78, 5) is 9.60. The molecule has 7 heteroatoms. The largest absolute Gasteiger partial charge is 0.478 e. The van der Waals surface area contributed by atoms with Crippen LogP contribution in [0.1, 0.15) is 152 Å². The van der Waals surface area contributed by atoms with Gasteiger partial charge in [-0.1, -0.05) is 138 Å². The van der Waals surface area contributed by atoms with Gasteiger partial charge in [-0.05, 0) is 56.1 Å². The fraction of sp³-hybridized carbons (Fsp3) is 0.810. The molecule has 49 heavy (non-hydrogen) atoms. The molecule has 1 aromatic rings. The van der Waals surface area contributed by atoms with Gasteiger partial charge in [0.25, 0.3) is 0 Å². The number of rotatable bonds is 6. The number of nitrogens with zero attached hydrogens (tertiary/aromatic N) is 2. The molecule has 2 unspecified atom stereocenters. The molecule has 286 valence electrons. The maximum absolute atomic E-state index is 6.04. The summed E-state index contributed by atoms with van der Waals surface area (Å²) in [6.07, 6.45) is 24.2. The molecule has 7 rings (SSSR count). The Kier molecular flexibility index (Phi) is 25.4. The van der Waals surface area contributed by atoms with Crippen molar-refractivity contribution in [1.82, 2.24) is 0 Å². The van der Waals surface area contributed by atoms with E-state index in [-0.39, 0.29) is 49.0 Å². The molecule has 4 atom stereocenters. The first-order chi connectivity index (χ1) is 21.8. The SMILES string of the molecule is C.C.C1CCCC1.C1CCCC1.CC(C)[C@H]1COC(C2CCCC2)=N1.CC(C)[C@H]1COC(C2CCCC2[P+](C)(C)c2ccccc2)=N1.[Fe].[Fe]. The molecule has 0 N–H and O–H groups in total. The quantitative estimate of drug-likeness (QED) is 0.213. The van der Waals surface area contributed by atoms with Gasteiger partial charge in [0.2, 0.25) is 0 Å². The maximum atomic E-state index is 6.04. The molecule has 2 heterocycles. The van der Waals surface area contributed by atoms with Crippen molar-refractivity contribution in [1.29, 1.82) is 0 Å². The van der Waals surface area contributed by atoms with Crippen molar-refractivity contribution >= 4 is 24.4 Å². The summed E-state index contributed by atoms with van der Waals surface area (Å²) in [6.45, 7) is 15.5. The van der Waals surface area contributed by atoms with E-state index in [1.54, 1.807) is 5.30 Å². The maximum Gasteiger partial charge on any atom is 0.190 e. The zero-order chi connectivity index (χ0) is 32.1. The van der Waals surface area contributed by atoms with Gasteiger partial charge in [-0.3, -0.25) is 0 Å². The summed E-state index contributed by atoms with van der Waals surface area (Å²) in [5, 5.41) is 1.55. The van der Waals surface area contributed by atoms with Crippen molar-refractivity contribution in [2.75, 3.05) is 26.5 Å². The summed E-state index contributed by atoms with van der Waals surface area (Å²) in [7, 11) is -1.16. The molecular formula is C42H76Fe2N2O2P+. The second kappa shape index (κ2) is 25.6. The van der Waals surface area contributed by atoms with Crippen LogP contribution < -0.4 is 5.30 Å². The smallest absolute Gasteiger partial charge is 0.190 e. The Morgan fingerprint density at radius 2 is 1.00 bits per heavy atom. The molecule has 4 nitrogen and oxygen atoms in total.